The fourth-order valence-electron chi connectivity index (χ4n) is 2.26. The molecule has 0 aliphatic heterocycles. The third kappa shape index (κ3) is 3.81. The summed E-state index contributed by atoms with van der Waals surface area (Å²) in [5.41, 5.74) is 2.02. The zero-order valence-electron chi connectivity index (χ0n) is 12.3. The smallest absolute Gasteiger partial charge is 0.268 e. The summed E-state index contributed by atoms with van der Waals surface area (Å²) < 4.78 is 0. The first-order valence-electron chi connectivity index (χ1n) is 7.17. The van der Waals surface area contributed by atoms with Gasteiger partial charge in [-0.3, -0.25) is 9.59 Å². The van der Waals surface area contributed by atoms with Gasteiger partial charge in [0.05, 0.1) is 6.04 Å². The van der Waals surface area contributed by atoms with Crippen LogP contribution in [-0.4, -0.2) is 16.7 Å². The Balaban J connectivity index is 2.12. The molecule has 21 heavy (non-hydrogen) atoms. The number of carbonyl (C=O) groups excluding carboxylic acids is 2. The van der Waals surface area contributed by atoms with Gasteiger partial charge in [0.25, 0.3) is 5.91 Å². The van der Waals surface area contributed by atoms with E-state index in [9.17, 15) is 9.59 Å². The van der Waals surface area contributed by atoms with Crippen LogP contribution in [0.5, 0.6) is 0 Å². The second kappa shape index (κ2) is 6.88. The van der Waals surface area contributed by atoms with Crippen molar-refractivity contribution in [1.82, 2.24) is 10.3 Å². The van der Waals surface area contributed by atoms with Crippen LogP contribution in [0.2, 0.25) is 0 Å². The van der Waals surface area contributed by atoms with Gasteiger partial charge in [-0.1, -0.05) is 43.7 Å². The number of aromatic amines is 1. The van der Waals surface area contributed by atoms with Crippen LogP contribution < -0.4 is 5.32 Å². The quantitative estimate of drug-likeness (QED) is 0.798. The van der Waals surface area contributed by atoms with Gasteiger partial charge in [-0.15, -0.1) is 0 Å². The lowest BCUT2D eigenvalue weighted by Crippen LogP contribution is -2.28. The van der Waals surface area contributed by atoms with Gasteiger partial charge in [-0.2, -0.15) is 0 Å². The monoisotopic (exact) mass is 284 g/mol. The summed E-state index contributed by atoms with van der Waals surface area (Å²) in [6.45, 7) is 3.57. The van der Waals surface area contributed by atoms with Crippen molar-refractivity contribution >= 4 is 11.7 Å². The summed E-state index contributed by atoms with van der Waals surface area (Å²) in [6.07, 6.45) is 3.41. The topological polar surface area (TPSA) is 62.0 Å². The third-order valence-electron chi connectivity index (χ3n) is 3.42. The average Bonchev–Trinajstić information content (AvgIpc) is 2.98. The highest BCUT2D eigenvalue weighted by Crippen LogP contribution is 2.18. The molecule has 1 aromatic heterocycles. The van der Waals surface area contributed by atoms with Gasteiger partial charge in [0, 0.05) is 11.8 Å². The molecule has 4 nitrogen and oxygen atoms in total. The maximum absolute atomic E-state index is 12.3. The van der Waals surface area contributed by atoms with Crippen LogP contribution in [0.4, 0.5) is 0 Å². The Bertz CT molecular complexity index is 617. The predicted molar refractivity (Wildman–Crippen MR) is 82.4 cm³/mol. The molecule has 2 N–H and O–H groups in total. The van der Waals surface area contributed by atoms with Crippen molar-refractivity contribution in [3.8, 4) is 0 Å². The molecule has 0 aliphatic rings. The molecule has 1 aromatic carbocycles. The van der Waals surface area contributed by atoms with Crippen molar-refractivity contribution in [3.05, 3.63) is 59.4 Å². The lowest BCUT2D eigenvalue weighted by molar-refractivity contribution is 0.0930. The van der Waals surface area contributed by atoms with Crippen molar-refractivity contribution in [3.63, 3.8) is 0 Å². The first-order valence-corrected chi connectivity index (χ1v) is 7.17. The van der Waals surface area contributed by atoms with Gasteiger partial charge >= 0.3 is 0 Å². The van der Waals surface area contributed by atoms with Crippen molar-refractivity contribution in [2.24, 2.45) is 0 Å². The van der Waals surface area contributed by atoms with Crippen LogP contribution in [0.3, 0.4) is 0 Å². The maximum Gasteiger partial charge on any atom is 0.268 e. The van der Waals surface area contributed by atoms with Crippen LogP contribution in [-0.2, 0) is 0 Å². The number of rotatable bonds is 6. The summed E-state index contributed by atoms with van der Waals surface area (Å²) in [5, 5.41) is 3.02. The number of carbonyl (C=O) groups is 2. The highest BCUT2D eigenvalue weighted by Gasteiger charge is 2.16. The Morgan fingerprint density at radius 2 is 1.95 bits per heavy atom. The van der Waals surface area contributed by atoms with Crippen molar-refractivity contribution < 1.29 is 9.59 Å². The van der Waals surface area contributed by atoms with Gasteiger partial charge in [0.1, 0.15) is 5.69 Å². The molecule has 0 spiro atoms. The van der Waals surface area contributed by atoms with Crippen LogP contribution in [0.25, 0.3) is 0 Å². The second-order valence-corrected chi connectivity index (χ2v) is 5.08. The lowest BCUT2D eigenvalue weighted by Gasteiger charge is -2.18. The average molecular weight is 284 g/mol. The molecule has 2 aromatic rings. The minimum Gasteiger partial charge on any atom is -0.356 e. The molecule has 0 bridgehead atoms. The van der Waals surface area contributed by atoms with Crippen molar-refractivity contribution in [1.29, 1.82) is 0 Å². The first kappa shape index (κ1) is 15.0. The second-order valence-electron chi connectivity index (χ2n) is 5.08. The minimum atomic E-state index is -0.190. The molecule has 0 fully saturated rings. The van der Waals surface area contributed by atoms with E-state index >= 15 is 0 Å². The van der Waals surface area contributed by atoms with E-state index in [1.807, 2.05) is 30.3 Å². The Kier molecular flexibility index (Phi) is 4.93. The Labute approximate surface area is 124 Å². The number of aromatic nitrogens is 1. The normalized spacial score (nSPS) is 11.9. The van der Waals surface area contributed by atoms with Crippen LogP contribution in [0.15, 0.2) is 42.6 Å². The molecule has 1 unspecified atom stereocenters. The summed E-state index contributed by atoms with van der Waals surface area (Å²) in [7, 11) is 0. The molecule has 2 rings (SSSR count). The highest BCUT2D eigenvalue weighted by atomic mass is 16.2. The van der Waals surface area contributed by atoms with E-state index in [0.29, 0.717) is 11.3 Å². The molecular formula is C17H20N2O2. The number of nitrogens with one attached hydrogen (secondary N) is 2. The van der Waals surface area contributed by atoms with E-state index < -0.39 is 0 Å². The Morgan fingerprint density at radius 3 is 2.52 bits per heavy atom. The van der Waals surface area contributed by atoms with E-state index in [2.05, 4.69) is 17.2 Å². The largest absolute Gasteiger partial charge is 0.356 e. The lowest BCUT2D eigenvalue weighted by atomic mass is 10.0. The minimum absolute atomic E-state index is 0.0206. The van der Waals surface area contributed by atoms with E-state index in [4.69, 9.17) is 0 Å². The number of benzene rings is 1. The summed E-state index contributed by atoms with van der Waals surface area (Å²) in [5.74, 6) is -0.247. The van der Waals surface area contributed by atoms with Gasteiger partial charge in [-0.25, -0.2) is 0 Å². The van der Waals surface area contributed by atoms with Crippen LogP contribution >= 0.6 is 0 Å². The van der Waals surface area contributed by atoms with Crippen LogP contribution in [0, 0.1) is 0 Å². The molecule has 0 saturated heterocycles. The maximum atomic E-state index is 12.3. The zero-order valence-corrected chi connectivity index (χ0v) is 12.3. The van der Waals surface area contributed by atoms with Crippen molar-refractivity contribution in [2.45, 2.75) is 32.7 Å². The first-order chi connectivity index (χ1) is 10.1. The number of hydrogen-bond acceptors (Lipinski definition) is 2. The summed E-state index contributed by atoms with van der Waals surface area (Å²) in [6, 6.07) is 11.5. The highest BCUT2D eigenvalue weighted by molar-refractivity contribution is 5.99. The number of amides is 1. The fourth-order valence-corrected chi connectivity index (χ4v) is 2.26. The summed E-state index contributed by atoms with van der Waals surface area (Å²) in [4.78, 5) is 26.4. The number of ketones is 1. The van der Waals surface area contributed by atoms with Gasteiger partial charge in [0.15, 0.2) is 5.78 Å². The number of H-pyrrole nitrogens is 1. The van der Waals surface area contributed by atoms with Crippen LogP contribution in [0.1, 0.15) is 59.1 Å². The molecule has 1 amide bonds. The predicted octanol–water partition coefficient (Wildman–Crippen LogP) is 3.49. The van der Waals surface area contributed by atoms with E-state index in [-0.39, 0.29) is 17.7 Å². The number of Topliss-reactive ketones (excluding diaryl/α,β-unsaturated/α-hetero) is 1. The summed E-state index contributed by atoms with van der Waals surface area (Å²) >= 11 is 0. The fraction of sp³-hybridized carbons (Fsp3) is 0.294. The molecule has 1 heterocycles. The van der Waals surface area contributed by atoms with E-state index in [1.54, 1.807) is 12.3 Å². The van der Waals surface area contributed by atoms with E-state index in [0.717, 1.165) is 18.4 Å². The molecule has 0 saturated carbocycles. The molecule has 0 aliphatic carbocycles. The molecule has 1 atom stereocenters. The van der Waals surface area contributed by atoms with E-state index in [1.165, 1.54) is 6.92 Å². The standard InChI is InChI=1S/C17H20N2O2/c1-3-7-15(13-8-5-4-6-9-13)19-17(21)16-10-14(11-18-16)12(2)20/h4-6,8-11,15,18H,3,7H2,1-2H3,(H,19,21). The van der Waals surface area contributed by atoms with Gasteiger partial charge in [-0.05, 0) is 25.0 Å². The molecule has 4 heteroatoms. The van der Waals surface area contributed by atoms with Gasteiger partial charge in [0.2, 0.25) is 0 Å². The van der Waals surface area contributed by atoms with Crippen molar-refractivity contribution in [2.75, 3.05) is 0 Å². The zero-order chi connectivity index (χ0) is 15.2. The Morgan fingerprint density at radius 1 is 1.24 bits per heavy atom. The molecular weight excluding hydrogens is 264 g/mol. The van der Waals surface area contributed by atoms with Gasteiger partial charge < -0.3 is 10.3 Å². The number of hydrogen-bond donors (Lipinski definition) is 2. The Hall–Kier alpha value is -2.36. The molecule has 110 valence electrons. The third-order valence-corrected chi connectivity index (χ3v) is 3.42. The molecule has 0 radical (unpaired) electrons. The SMILES string of the molecule is CCCC(NC(=O)c1cc(C(C)=O)c[nH]1)c1ccccc1.